The van der Waals surface area contributed by atoms with Crippen LogP contribution >= 0.6 is 12.2 Å². The van der Waals surface area contributed by atoms with Gasteiger partial charge in [0.2, 0.25) is 0 Å². The van der Waals surface area contributed by atoms with Crippen LogP contribution in [0.3, 0.4) is 0 Å². The van der Waals surface area contributed by atoms with Crippen LogP contribution in [0.25, 0.3) is 0 Å². The van der Waals surface area contributed by atoms with Gasteiger partial charge in [-0.05, 0) is 12.2 Å². The number of nitrogens with zero attached hydrogens (tertiary/aromatic N) is 2. The van der Waals surface area contributed by atoms with Crippen molar-refractivity contribution in [3.8, 4) is 0 Å². The van der Waals surface area contributed by atoms with E-state index in [-0.39, 0.29) is 0 Å². The molecule has 4 heteroatoms. The van der Waals surface area contributed by atoms with E-state index in [2.05, 4.69) is 0 Å². The molecule has 0 radical (unpaired) electrons. The van der Waals surface area contributed by atoms with E-state index in [1.54, 1.807) is 11.9 Å². The molecule has 0 aromatic heterocycles. The maximum absolute atomic E-state index is 5.29. The van der Waals surface area contributed by atoms with Crippen LogP contribution in [-0.4, -0.2) is 36.2 Å². The van der Waals surface area contributed by atoms with E-state index in [9.17, 15) is 0 Å². The third kappa shape index (κ3) is 2.09. The minimum Gasteiger partial charge on any atom is -0.354 e. The standard InChI is InChI=1S/C4H11N3S/c1-6(2)4(8)7(3)5/h5H2,1-3H3. The van der Waals surface area contributed by atoms with E-state index < -0.39 is 0 Å². The molecule has 0 saturated carbocycles. The summed E-state index contributed by atoms with van der Waals surface area (Å²) in [5.74, 6) is 5.29. The first-order valence-corrected chi connectivity index (χ1v) is 2.66. The van der Waals surface area contributed by atoms with Crippen molar-refractivity contribution in [3.63, 3.8) is 0 Å². The highest BCUT2D eigenvalue weighted by molar-refractivity contribution is 7.80. The molecular formula is C4H11N3S. The highest BCUT2D eigenvalue weighted by Crippen LogP contribution is 1.82. The predicted octanol–water partition coefficient (Wildman–Crippen LogP) is -0.362. The summed E-state index contributed by atoms with van der Waals surface area (Å²) in [6.45, 7) is 0. The molecule has 0 bridgehead atoms. The zero-order valence-corrected chi connectivity index (χ0v) is 6.20. The lowest BCUT2D eigenvalue weighted by Crippen LogP contribution is -2.40. The second-order valence-corrected chi connectivity index (χ2v) is 2.15. The molecule has 2 N–H and O–H groups in total. The van der Waals surface area contributed by atoms with Gasteiger partial charge in [0, 0.05) is 21.1 Å². The van der Waals surface area contributed by atoms with Crippen LogP contribution in [0.5, 0.6) is 0 Å². The second kappa shape index (κ2) is 2.84. The number of rotatable bonds is 0. The Balaban J connectivity index is 3.65. The minimum atomic E-state index is 0.630. The molecule has 48 valence electrons. The van der Waals surface area contributed by atoms with E-state index in [1.165, 1.54) is 5.01 Å². The summed E-state index contributed by atoms with van der Waals surface area (Å²) in [4.78, 5) is 1.77. The predicted molar refractivity (Wildman–Crippen MR) is 38.2 cm³/mol. The van der Waals surface area contributed by atoms with Crippen molar-refractivity contribution in [2.75, 3.05) is 21.1 Å². The molecule has 0 saturated heterocycles. The molecule has 0 rings (SSSR count). The first kappa shape index (κ1) is 7.65. The van der Waals surface area contributed by atoms with Crippen molar-refractivity contribution in [3.05, 3.63) is 0 Å². The Kier molecular flexibility index (Phi) is 2.71. The van der Waals surface area contributed by atoms with Crippen LogP contribution in [0.2, 0.25) is 0 Å². The number of hydrogen-bond donors (Lipinski definition) is 1. The SMILES string of the molecule is CN(C)C(=S)N(C)N. The van der Waals surface area contributed by atoms with Crippen molar-refractivity contribution in [1.29, 1.82) is 0 Å². The lowest BCUT2D eigenvalue weighted by molar-refractivity contribution is 0.456. The molecule has 8 heavy (non-hydrogen) atoms. The van der Waals surface area contributed by atoms with Gasteiger partial charge < -0.3 is 4.90 Å². The van der Waals surface area contributed by atoms with Crippen molar-refractivity contribution in [2.24, 2.45) is 5.84 Å². The normalized spacial score (nSPS) is 8.50. The van der Waals surface area contributed by atoms with E-state index >= 15 is 0 Å². The Morgan fingerprint density at radius 2 is 1.75 bits per heavy atom. The number of hydrazine groups is 1. The number of thiocarbonyl (C=S) groups is 1. The molecule has 0 atom stereocenters. The Hall–Kier alpha value is -0.350. The molecule has 0 fully saturated rings. The lowest BCUT2D eigenvalue weighted by atomic mass is 10.8. The van der Waals surface area contributed by atoms with Gasteiger partial charge in [0.1, 0.15) is 0 Å². The summed E-state index contributed by atoms with van der Waals surface area (Å²) in [7, 11) is 5.42. The van der Waals surface area contributed by atoms with Crippen LogP contribution < -0.4 is 5.84 Å². The summed E-state index contributed by atoms with van der Waals surface area (Å²) in [6.07, 6.45) is 0. The van der Waals surface area contributed by atoms with Gasteiger partial charge >= 0.3 is 0 Å². The van der Waals surface area contributed by atoms with Crippen LogP contribution in [0.1, 0.15) is 0 Å². The third-order valence-electron chi connectivity index (χ3n) is 0.684. The van der Waals surface area contributed by atoms with Gasteiger partial charge in [-0.15, -0.1) is 0 Å². The van der Waals surface area contributed by atoms with Gasteiger partial charge in [-0.3, -0.25) is 5.01 Å². The smallest absolute Gasteiger partial charge is 0.185 e. The van der Waals surface area contributed by atoms with Crippen molar-refractivity contribution in [1.82, 2.24) is 9.91 Å². The molecule has 0 unspecified atom stereocenters. The molecule has 0 amide bonds. The maximum Gasteiger partial charge on any atom is 0.185 e. The highest BCUT2D eigenvalue weighted by atomic mass is 32.1. The summed E-state index contributed by atoms with van der Waals surface area (Å²) < 4.78 is 0. The van der Waals surface area contributed by atoms with Gasteiger partial charge in [-0.1, -0.05) is 0 Å². The van der Waals surface area contributed by atoms with Crippen molar-refractivity contribution in [2.45, 2.75) is 0 Å². The molecule has 0 aliphatic rings. The topological polar surface area (TPSA) is 32.5 Å². The minimum absolute atomic E-state index is 0.630. The summed E-state index contributed by atoms with van der Waals surface area (Å²) in [5, 5.41) is 2.03. The fourth-order valence-electron chi connectivity index (χ4n) is 0.315. The maximum atomic E-state index is 5.29. The second-order valence-electron chi connectivity index (χ2n) is 1.79. The van der Waals surface area contributed by atoms with Crippen LogP contribution in [0.15, 0.2) is 0 Å². The van der Waals surface area contributed by atoms with Crippen molar-refractivity contribution >= 4 is 17.3 Å². The summed E-state index contributed by atoms with van der Waals surface area (Å²) in [6, 6.07) is 0. The van der Waals surface area contributed by atoms with Crippen LogP contribution in [0, 0.1) is 0 Å². The fraction of sp³-hybridized carbons (Fsp3) is 0.750. The first-order valence-electron chi connectivity index (χ1n) is 2.25. The number of hydrogen-bond acceptors (Lipinski definition) is 2. The van der Waals surface area contributed by atoms with Crippen molar-refractivity contribution < 1.29 is 0 Å². The van der Waals surface area contributed by atoms with Gasteiger partial charge in [0.05, 0.1) is 0 Å². The zero-order valence-electron chi connectivity index (χ0n) is 5.38. The largest absolute Gasteiger partial charge is 0.354 e. The molecule has 0 aliphatic carbocycles. The van der Waals surface area contributed by atoms with Gasteiger partial charge in [-0.2, -0.15) is 0 Å². The molecule has 0 aromatic carbocycles. The highest BCUT2D eigenvalue weighted by Gasteiger charge is 1.97. The monoisotopic (exact) mass is 133 g/mol. The van der Waals surface area contributed by atoms with Crippen LogP contribution in [-0.2, 0) is 0 Å². The Labute approximate surface area is 55.0 Å². The van der Waals surface area contributed by atoms with Gasteiger partial charge in [-0.25, -0.2) is 5.84 Å². The van der Waals surface area contributed by atoms with E-state index in [4.69, 9.17) is 18.1 Å². The number of nitrogens with two attached hydrogens (primary N) is 1. The Bertz CT molecular complexity index is 79.3. The van der Waals surface area contributed by atoms with E-state index in [1.807, 2.05) is 14.1 Å². The molecule has 0 aromatic rings. The summed E-state index contributed by atoms with van der Waals surface area (Å²) in [5.41, 5.74) is 0. The van der Waals surface area contributed by atoms with E-state index in [0.29, 0.717) is 5.11 Å². The quantitative estimate of drug-likeness (QED) is 0.278. The van der Waals surface area contributed by atoms with Gasteiger partial charge in [0.25, 0.3) is 0 Å². The average Bonchev–Trinajstić information content (AvgIpc) is 1.64. The molecule has 3 nitrogen and oxygen atoms in total. The molecule has 0 spiro atoms. The Morgan fingerprint density at radius 1 is 1.38 bits per heavy atom. The van der Waals surface area contributed by atoms with E-state index in [0.717, 1.165) is 0 Å². The molecule has 0 heterocycles. The Morgan fingerprint density at radius 3 is 1.75 bits per heavy atom. The average molecular weight is 133 g/mol. The lowest BCUT2D eigenvalue weighted by Gasteiger charge is -2.19. The van der Waals surface area contributed by atoms with Crippen LogP contribution in [0.4, 0.5) is 0 Å². The zero-order chi connectivity index (χ0) is 6.73. The molecule has 0 aliphatic heterocycles. The third-order valence-corrected chi connectivity index (χ3v) is 1.34. The fourth-order valence-corrected chi connectivity index (χ4v) is 0.315. The first-order chi connectivity index (χ1) is 3.55. The molecular weight excluding hydrogens is 122 g/mol. The van der Waals surface area contributed by atoms with Gasteiger partial charge in [0.15, 0.2) is 5.11 Å². The summed E-state index contributed by atoms with van der Waals surface area (Å²) >= 11 is 4.83.